The molecule has 0 radical (unpaired) electrons. The summed E-state index contributed by atoms with van der Waals surface area (Å²) in [5.41, 5.74) is 8.05. The van der Waals surface area contributed by atoms with Gasteiger partial charge in [0.15, 0.2) is 0 Å². The van der Waals surface area contributed by atoms with Crippen molar-refractivity contribution in [2.24, 2.45) is 11.7 Å². The Labute approximate surface area is 127 Å². The minimum Gasteiger partial charge on any atom is -0.338 e. The van der Waals surface area contributed by atoms with Crippen molar-refractivity contribution in [3.63, 3.8) is 0 Å². The Balaban J connectivity index is 2.17. The molecule has 2 rings (SSSR count). The number of rotatable bonds is 3. The lowest BCUT2D eigenvalue weighted by Crippen LogP contribution is -2.29. The average Bonchev–Trinajstić information content (AvgIpc) is 2.94. The van der Waals surface area contributed by atoms with E-state index in [1.807, 2.05) is 30.0 Å². The summed E-state index contributed by atoms with van der Waals surface area (Å²) >= 11 is 0. The van der Waals surface area contributed by atoms with Crippen molar-refractivity contribution < 1.29 is 4.79 Å². The first kappa shape index (κ1) is 15.6. The van der Waals surface area contributed by atoms with Crippen molar-refractivity contribution in [1.29, 1.82) is 0 Å². The quantitative estimate of drug-likeness (QED) is 0.867. The van der Waals surface area contributed by atoms with Gasteiger partial charge in [-0.15, -0.1) is 0 Å². The topological polar surface area (TPSA) is 46.3 Å². The number of likely N-dealkylation sites (tertiary alicyclic amines) is 1. The van der Waals surface area contributed by atoms with Crippen LogP contribution in [0.15, 0.2) is 18.2 Å². The molecule has 1 fully saturated rings. The molecule has 0 aromatic heterocycles. The van der Waals surface area contributed by atoms with Gasteiger partial charge in [-0.25, -0.2) is 0 Å². The van der Waals surface area contributed by atoms with E-state index in [0.29, 0.717) is 12.5 Å². The summed E-state index contributed by atoms with van der Waals surface area (Å²) in [6.07, 6.45) is 3.53. The molecule has 1 unspecified atom stereocenters. The second-order valence-electron chi connectivity index (χ2n) is 5.68. The maximum absolute atomic E-state index is 12.7. The molecule has 21 heavy (non-hydrogen) atoms. The number of benzene rings is 1. The largest absolute Gasteiger partial charge is 0.338 e. The third kappa shape index (κ3) is 3.65. The van der Waals surface area contributed by atoms with Gasteiger partial charge in [0, 0.05) is 24.2 Å². The van der Waals surface area contributed by atoms with E-state index in [0.717, 1.165) is 36.2 Å². The molecule has 0 saturated carbocycles. The van der Waals surface area contributed by atoms with Crippen molar-refractivity contribution >= 4 is 5.91 Å². The fraction of sp³-hybridized carbons (Fsp3) is 0.500. The van der Waals surface area contributed by atoms with Crippen LogP contribution in [-0.2, 0) is 0 Å². The molecular formula is C18H24N2O. The third-order valence-electron chi connectivity index (χ3n) is 4.16. The Bertz CT molecular complexity index is 568. The fourth-order valence-electron chi connectivity index (χ4n) is 2.98. The van der Waals surface area contributed by atoms with Crippen LogP contribution in [0.5, 0.6) is 0 Å². The van der Waals surface area contributed by atoms with Gasteiger partial charge < -0.3 is 10.6 Å². The van der Waals surface area contributed by atoms with Crippen molar-refractivity contribution in [2.75, 3.05) is 19.6 Å². The molecule has 1 aliphatic rings. The van der Waals surface area contributed by atoms with E-state index < -0.39 is 0 Å². The summed E-state index contributed by atoms with van der Waals surface area (Å²) < 4.78 is 0. The Morgan fingerprint density at radius 1 is 1.48 bits per heavy atom. The second-order valence-corrected chi connectivity index (χ2v) is 5.68. The van der Waals surface area contributed by atoms with Crippen LogP contribution >= 0.6 is 0 Å². The van der Waals surface area contributed by atoms with Crippen LogP contribution in [0.4, 0.5) is 0 Å². The lowest BCUT2D eigenvalue weighted by molar-refractivity contribution is 0.0785. The lowest BCUT2D eigenvalue weighted by atomic mass is 10.0. The van der Waals surface area contributed by atoms with Crippen molar-refractivity contribution in [1.82, 2.24) is 4.90 Å². The zero-order valence-corrected chi connectivity index (χ0v) is 13.0. The summed E-state index contributed by atoms with van der Waals surface area (Å²) in [6.45, 7) is 6.27. The molecule has 0 aliphatic carbocycles. The minimum absolute atomic E-state index is 0.141. The Morgan fingerprint density at radius 2 is 2.29 bits per heavy atom. The van der Waals surface area contributed by atoms with Gasteiger partial charge in [0.25, 0.3) is 5.91 Å². The van der Waals surface area contributed by atoms with Crippen molar-refractivity contribution in [3.05, 3.63) is 34.9 Å². The molecule has 1 heterocycles. The normalized spacial score (nSPS) is 17.5. The zero-order chi connectivity index (χ0) is 15.2. The van der Waals surface area contributed by atoms with Gasteiger partial charge in [-0.2, -0.15) is 0 Å². The molecular weight excluding hydrogens is 260 g/mol. The Kier molecular flexibility index (Phi) is 5.41. The van der Waals surface area contributed by atoms with E-state index in [1.165, 1.54) is 12.8 Å². The van der Waals surface area contributed by atoms with E-state index >= 15 is 0 Å². The predicted octanol–water partition coefficient (Wildman–Crippen LogP) is 2.57. The van der Waals surface area contributed by atoms with E-state index in [-0.39, 0.29) is 5.91 Å². The van der Waals surface area contributed by atoms with Crippen LogP contribution in [0.1, 0.15) is 47.7 Å². The average molecular weight is 284 g/mol. The van der Waals surface area contributed by atoms with Crippen LogP contribution < -0.4 is 5.73 Å². The van der Waals surface area contributed by atoms with Crippen LogP contribution in [0.2, 0.25) is 0 Å². The highest BCUT2D eigenvalue weighted by molar-refractivity contribution is 5.96. The first-order valence-corrected chi connectivity index (χ1v) is 7.75. The van der Waals surface area contributed by atoms with Crippen LogP contribution in [-0.4, -0.2) is 30.4 Å². The monoisotopic (exact) mass is 284 g/mol. The summed E-state index contributed by atoms with van der Waals surface area (Å²) in [6, 6.07) is 5.75. The van der Waals surface area contributed by atoms with Gasteiger partial charge in [-0.3, -0.25) is 4.79 Å². The van der Waals surface area contributed by atoms with Gasteiger partial charge in [-0.05, 0) is 43.4 Å². The summed E-state index contributed by atoms with van der Waals surface area (Å²) in [4.78, 5) is 14.7. The van der Waals surface area contributed by atoms with Crippen LogP contribution in [0.3, 0.4) is 0 Å². The molecule has 1 amide bonds. The van der Waals surface area contributed by atoms with Gasteiger partial charge in [-0.1, -0.05) is 31.3 Å². The minimum atomic E-state index is 0.141. The highest BCUT2D eigenvalue weighted by Crippen LogP contribution is 2.24. The number of amides is 1. The summed E-state index contributed by atoms with van der Waals surface area (Å²) in [5, 5.41) is 0. The number of carbonyl (C=O) groups excluding carboxylic acids is 1. The molecule has 3 nitrogen and oxygen atoms in total. The highest BCUT2D eigenvalue weighted by atomic mass is 16.2. The van der Waals surface area contributed by atoms with Gasteiger partial charge in [0.05, 0.1) is 6.54 Å². The second kappa shape index (κ2) is 7.28. The van der Waals surface area contributed by atoms with Gasteiger partial charge >= 0.3 is 0 Å². The summed E-state index contributed by atoms with van der Waals surface area (Å²) in [7, 11) is 0. The third-order valence-corrected chi connectivity index (χ3v) is 4.16. The first-order chi connectivity index (χ1) is 10.2. The van der Waals surface area contributed by atoms with E-state index in [4.69, 9.17) is 5.73 Å². The fourth-order valence-corrected chi connectivity index (χ4v) is 2.98. The standard InChI is InChI=1S/C18H24N2O/c1-3-6-15-10-12-20(13-15)18(21)17-9-4-7-16(14(17)2)8-5-11-19/h4,7,9,15H,3,6,10-13,19H2,1-2H3. The van der Waals surface area contributed by atoms with Gasteiger partial charge in [0.1, 0.15) is 0 Å². The Hall–Kier alpha value is -1.79. The summed E-state index contributed by atoms with van der Waals surface area (Å²) in [5.74, 6) is 6.71. The molecule has 1 atom stereocenters. The maximum atomic E-state index is 12.7. The molecule has 112 valence electrons. The highest BCUT2D eigenvalue weighted by Gasteiger charge is 2.27. The number of hydrogen-bond donors (Lipinski definition) is 1. The van der Waals surface area contributed by atoms with Gasteiger partial charge in [0.2, 0.25) is 0 Å². The van der Waals surface area contributed by atoms with Crippen LogP contribution in [0, 0.1) is 24.7 Å². The maximum Gasteiger partial charge on any atom is 0.254 e. The SMILES string of the molecule is CCCC1CCN(C(=O)c2cccc(C#CCN)c2C)C1. The predicted molar refractivity (Wildman–Crippen MR) is 86.0 cm³/mol. The van der Waals surface area contributed by atoms with Crippen molar-refractivity contribution in [3.8, 4) is 11.8 Å². The lowest BCUT2D eigenvalue weighted by Gasteiger charge is -2.18. The van der Waals surface area contributed by atoms with Crippen LogP contribution in [0.25, 0.3) is 0 Å². The number of carbonyl (C=O) groups is 1. The van der Waals surface area contributed by atoms with E-state index in [1.54, 1.807) is 0 Å². The Morgan fingerprint density at radius 3 is 3.00 bits per heavy atom. The first-order valence-electron chi connectivity index (χ1n) is 7.75. The molecule has 0 spiro atoms. The number of nitrogens with zero attached hydrogens (tertiary/aromatic N) is 1. The molecule has 2 N–H and O–H groups in total. The molecule has 1 aromatic rings. The van der Waals surface area contributed by atoms with E-state index in [2.05, 4.69) is 18.8 Å². The zero-order valence-electron chi connectivity index (χ0n) is 13.0. The molecule has 1 saturated heterocycles. The molecule has 1 aliphatic heterocycles. The molecule has 3 heteroatoms. The molecule has 0 bridgehead atoms. The number of nitrogens with two attached hydrogens (primary N) is 1. The van der Waals surface area contributed by atoms with E-state index in [9.17, 15) is 4.79 Å². The number of hydrogen-bond acceptors (Lipinski definition) is 2. The van der Waals surface area contributed by atoms with Crippen molar-refractivity contribution in [2.45, 2.75) is 33.1 Å². The smallest absolute Gasteiger partial charge is 0.254 e. The molecule has 1 aromatic carbocycles.